The molecule has 3 aromatic rings. The van der Waals surface area contributed by atoms with E-state index in [2.05, 4.69) is 5.32 Å². The Morgan fingerprint density at radius 3 is 2.28 bits per heavy atom. The van der Waals surface area contributed by atoms with E-state index in [1.165, 1.54) is 17.0 Å². The first-order chi connectivity index (χ1) is 13.9. The van der Waals surface area contributed by atoms with E-state index in [9.17, 15) is 18.4 Å². The summed E-state index contributed by atoms with van der Waals surface area (Å²) in [5.74, 6) is -2.64. The number of rotatable bonds is 4. The van der Waals surface area contributed by atoms with E-state index in [4.69, 9.17) is 4.74 Å². The van der Waals surface area contributed by atoms with Crippen molar-refractivity contribution in [1.82, 2.24) is 4.90 Å². The largest absolute Gasteiger partial charge is 0.414 e. The van der Waals surface area contributed by atoms with Crippen molar-refractivity contribution in [2.75, 3.05) is 19.4 Å². The lowest BCUT2D eigenvalue weighted by molar-refractivity contribution is 0.102. The molecule has 0 aliphatic heterocycles. The van der Waals surface area contributed by atoms with Gasteiger partial charge in [0.2, 0.25) is 0 Å². The number of halogens is 2. The number of hydrogen-bond donors (Lipinski definition) is 1. The molecule has 0 aromatic heterocycles. The fraction of sp³-hybridized carbons (Fsp3) is 0.0909. The van der Waals surface area contributed by atoms with Gasteiger partial charge >= 0.3 is 6.09 Å². The van der Waals surface area contributed by atoms with Gasteiger partial charge in [0, 0.05) is 25.3 Å². The summed E-state index contributed by atoms with van der Waals surface area (Å²) in [4.78, 5) is 25.4. The van der Waals surface area contributed by atoms with Crippen LogP contribution in [-0.2, 0) is 0 Å². The Hall–Kier alpha value is -3.74. The van der Waals surface area contributed by atoms with E-state index in [0.29, 0.717) is 17.0 Å². The highest BCUT2D eigenvalue weighted by molar-refractivity contribution is 6.04. The zero-order valence-corrected chi connectivity index (χ0v) is 15.8. The summed E-state index contributed by atoms with van der Waals surface area (Å²) >= 11 is 0. The van der Waals surface area contributed by atoms with Gasteiger partial charge in [-0.05, 0) is 35.9 Å². The highest BCUT2D eigenvalue weighted by Gasteiger charge is 2.16. The van der Waals surface area contributed by atoms with Crippen LogP contribution in [0.15, 0.2) is 66.7 Å². The molecule has 5 nitrogen and oxygen atoms in total. The lowest BCUT2D eigenvalue weighted by Gasteiger charge is -2.14. The SMILES string of the molecule is CN(C)C(=O)Oc1ccccc1-c1ccc(NC(=O)c2cccc(F)c2F)cc1. The lowest BCUT2D eigenvalue weighted by atomic mass is 10.0. The molecule has 0 bridgehead atoms. The summed E-state index contributed by atoms with van der Waals surface area (Å²) in [6.07, 6.45) is -0.501. The average molecular weight is 396 g/mol. The standard InChI is InChI=1S/C22H18F2N2O3/c1-26(2)22(28)29-19-9-4-3-6-16(19)14-10-12-15(13-11-14)25-21(27)17-7-5-8-18(23)20(17)24/h3-13H,1-2H3,(H,25,27). The van der Waals surface area contributed by atoms with Crippen molar-refractivity contribution in [2.24, 2.45) is 0 Å². The Morgan fingerprint density at radius 1 is 0.897 bits per heavy atom. The molecule has 0 saturated carbocycles. The number of carbonyl (C=O) groups is 2. The molecule has 2 amide bonds. The number of benzene rings is 3. The normalized spacial score (nSPS) is 10.3. The lowest BCUT2D eigenvalue weighted by Crippen LogP contribution is -2.25. The number of ether oxygens (including phenoxy) is 1. The third kappa shape index (κ3) is 4.57. The molecule has 3 rings (SSSR count). The summed E-state index contributed by atoms with van der Waals surface area (Å²) in [6.45, 7) is 0. The van der Waals surface area contributed by atoms with Gasteiger partial charge in [0.15, 0.2) is 11.6 Å². The Balaban J connectivity index is 1.80. The predicted octanol–water partition coefficient (Wildman–Crippen LogP) is 4.94. The second-order valence-electron chi connectivity index (χ2n) is 6.39. The molecule has 3 aromatic carbocycles. The average Bonchev–Trinajstić information content (AvgIpc) is 2.71. The molecule has 7 heteroatoms. The van der Waals surface area contributed by atoms with Crippen LogP contribution in [0.4, 0.5) is 19.3 Å². The Morgan fingerprint density at radius 2 is 1.59 bits per heavy atom. The predicted molar refractivity (Wildman–Crippen MR) is 106 cm³/mol. The van der Waals surface area contributed by atoms with Gasteiger partial charge in [0.25, 0.3) is 5.91 Å². The van der Waals surface area contributed by atoms with Crippen LogP contribution < -0.4 is 10.1 Å². The van der Waals surface area contributed by atoms with Gasteiger partial charge in [-0.15, -0.1) is 0 Å². The molecular formula is C22H18F2N2O3. The van der Waals surface area contributed by atoms with Crippen LogP contribution in [0.3, 0.4) is 0 Å². The molecule has 0 radical (unpaired) electrons. The molecule has 1 N–H and O–H groups in total. The molecule has 29 heavy (non-hydrogen) atoms. The minimum atomic E-state index is -1.20. The van der Waals surface area contributed by atoms with Crippen molar-refractivity contribution in [3.63, 3.8) is 0 Å². The molecule has 0 saturated heterocycles. The van der Waals surface area contributed by atoms with E-state index >= 15 is 0 Å². The van der Waals surface area contributed by atoms with Gasteiger partial charge in [0.05, 0.1) is 5.56 Å². The summed E-state index contributed by atoms with van der Waals surface area (Å²) in [6, 6.07) is 17.1. The smallest absolute Gasteiger partial charge is 0.410 e. The zero-order chi connectivity index (χ0) is 21.0. The van der Waals surface area contributed by atoms with Crippen LogP contribution in [0.25, 0.3) is 11.1 Å². The zero-order valence-electron chi connectivity index (χ0n) is 15.8. The van der Waals surface area contributed by atoms with E-state index in [-0.39, 0.29) is 5.56 Å². The van der Waals surface area contributed by atoms with Crippen LogP contribution in [-0.4, -0.2) is 31.0 Å². The maximum absolute atomic E-state index is 13.8. The molecule has 0 atom stereocenters. The van der Waals surface area contributed by atoms with E-state index in [1.54, 1.807) is 56.6 Å². The highest BCUT2D eigenvalue weighted by atomic mass is 19.2. The van der Waals surface area contributed by atoms with E-state index in [0.717, 1.165) is 11.6 Å². The number of carbonyl (C=O) groups excluding carboxylic acids is 2. The number of nitrogens with zero attached hydrogens (tertiary/aromatic N) is 1. The number of para-hydroxylation sites is 1. The van der Waals surface area contributed by atoms with Gasteiger partial charge in [-0.1, -0.05) is 36.4 Å². The van der Waals surface area contributed by atoms with Crippen LogP contribution in [0.1, 0.15) is 10.4 Å². The van der Waals surface area contributed by atoms with Gasteiger partial charge in [0.1, 0.15) is 5.75 Å². The van der Waals surface area contributed by atoms with Gasteiger partial charge in [-0.25, -0.2) is 13.6 Å². The second-order valence-corrected chi connectivity index (χ2v) is 6.39. The maximum atomic E-state index is 13.8. The first-order valence-electron chi connectivity index (χ1n) is 8.71. The molecule has 0 aliphatic rings. The molecule has 0 aliphatic carbocycles. The molecule has 0 heterocycles. The first-order valence-corrected chi connectivity index (χ1v) is 8.71. The molecule has 148 valence electrons. The number of nitrogens with one attached hydrogen (secondary N) is 1. The number of hydrogen-bond acceptors (Lipinski definition) is 3. The topological polar surface area (TPSA) is 58.6 Å². The number of anilines is 1. The summed E-state index contributed by atoms with van der Waals surface area (Å²) in [5, 5.41) is 2.53. The highest BCUT2D eigenvalue weighted by Crippen LogP contribution is 2.31. The maximum Gasteiger partial charge on any atom is 0.414 e. The summed E-state index contributed by atoms with van der Waals surface area (Å²) < 4.78 is 32.4. The third-order valence-corrected chi connectivity index (χ3v) is 4.10. The van der Waals surface area contributed by atoms with Crippen molar-refractivity contribution in [3.8, 4) is 16.9 Å². The van der Waals surface area contributed by atoms with E-state index < -0.39 is 23.6 Å². The number of amides is 2. The van der Waals surface area contributed by atoms with Crippen LogP contribution in [0.2, 0.25) is 0 Å². The van der Waals surface area contributed by atoms with Crippen molar-refractivity contribution in [2.45, 2.75) is 0 Å². The summed E-state index contributed by atoms with van der Waals surface area (Å²) in [5.41, 5.74) is 1.47. The molecular weight excluding hydrogens is 378 g/mol. The quantitative estimate of drug-likeness (QED) is 0.679. The van der Waals surface area contributed by atoms with Gasteiger partial charge in [-0.3, -0.25) is 4.79 Å². The van der Waals surface area contributed by atoms with Crippen molar-refractivity contribution in [3.05, 3.63) is 83.9 Å². The minimum absolute atomic E-state index is 0.380. The first kappa shape index (κ1) is 20.0. The van der Waals surface area contributed by atoms with Gasteiger partial charge < -0.3 is 15.0 Å². The minimum Gasteiger partial charge on any atom is -0.410 e. The van der Waals surface area contributed by atoms with Crippen LogP contribution in [0.5, 0.6) is 5.75 Å². The fourth-order valence-electron chi connectivity index (χ4n) is 2.59. The molecule has 0 unspecified atom stereocenters. The third-order valence-electron chi connectivity index (χ3n) is 4.10. The van der Waals surface area contributed by atoms with Crippen molar-refractivity contribution < 1.29 is 23.1 Å². The van der Waals surface area contributed by atoms with E-state index in [1.807, 2.05) is 6.07 Å². The Kier molecular flexibility index (Phi) is 5.87. The van der Waals surface area contributed by atoms with Gasteiger partial charge in [-0.2, -0.15) is 0 Å². The van der Waals surface area contributed by atoms with Crippen LogP contribution in [0, 0.1) is 11.6 Å². The van der Waals surface area contributed by atoms with Crippen LogP contribution >= 0.6 is 0 Å². The molecule has 0 spiro atoms. The summed E-state index contributed by atoms with van der Waals surface area (Å²) in [7, 11) is 3.17. The fourth-order valence-corrected chi connectivity index (χ4v) is 2.59. The monoisotopic (exact) mass is 396 g/mol. The van der Waals surface area contributed by atoms with Crippen molar-refractivity contribution >= 4 is 17.7 Å². The second kappa shape index (κ2) is 8.52. The van der Waals surface area contributed by atoms with Crippen molar-refractivity contribution in [1.29, 1.82) is 0 Å². The Bertz CT molecular complexity index is 1050. The Labute approximate surface area is 166 Å². The molecule has 0 fully saturated rings.